The van der Waals surface area contributed by atoms with Crippen LogP contribution in [0, 0.1) is 0 Å². The average Bonchev–Trinajstić information content (AvgIpc) is 2.81. The van der Waals surface area contributed by atoms with Gasteiger partial charge in [0, 0.05) is 0 Å². The van der Waals surface area contributed by atoms with Crippen molar-refractivity contribution in [3.8, 4) is 0 Å². The number of hydrogen-bond donors (Lipinski definition) is 0. The van der Waals surface area contributed by atoms with Crippen LogP contribution in [0.2, 0.25) is 0 Å². The fourth-order valence-electron chi connectivity index (χ4n) is 3.60. The second-order valence-corrected chi connectivity index (χ2v) is 7.33. The predicted molar refractivity (Wildman–Crippen MR) is 93.6 cm³/mol. The summed E-state index contributed by atoms with van der Waals surface area (Å²) in [4.78, 5) is 0. The summed E-state index contributed by atoms with van der Waals surface area (Å²) in [6.45, 7) is 11.1. The van der Waals surface area contributed by atoms with E-state index in [0.29, 0.717) is 0 Å². The minimum Gasteiger partial charge on any atom is -1.00 e. The van der Waals surface area contributed by atoms with Gasteiger partial charge in [0.05, 0.1) is 0 Å². The monoisotopic (exact) mass is 409 g/mol. The van der Waals surface area contributed by atoms with Crippen molar-refractivity contribution in [2.75, 3.05) is 0 Å². The van der Waals surface area contributed by atoms with Gasteiger partial charge in [-0.2, -0.15) is 0 Å². The van der Waals surface area contributed by atoms with Crippen LogP contribution in [0.15, 0.2) is 53.1 Å². The third-order valence-electron chi connectivity index (χ3n) is 5.21. The summed E-state index contributed by atoms with van der Waals surface area (Å²) in [6.07, 6.45) is 1.04. The quantitative estimate of drug-likeness (QED) is 0.652. The Hall–Kier alpha value is -0.566. The molecule has 0 N–H and O–H groups in total. The van der Waals surface area contributed by atoms with E-state index >= 15 is 0 Å². The van der Waals surface area contributed by atoms with Crippen LogP contribution in [-0.2, 0) is 29.7 Å². The standard InChI is InChI=1S/C21H23O.2ClH.Ti/c1-13-12-19(15(3)14(13)2)18-11-10-16-8-6-7-9-17(16)20(18)21(4,5)22;;;/h6-11H,12H2,1-5H3;2*1H;/q-1;;;+3/p-2. The molecular weight excluding hydrogens is 387 g/mol. The maximum Gasteiger partial charge on any atom is -1.00 e. The zero-order chi connectivity index (χ0) is 16.8. The summed E-state index contributed by atoms with van der Waals surface area (Å²) in [5, 5.41) is 2.56. The van der Waals surface area contributed by atoms with Crippen LogP contribution in [0.5, 0.6) is 0 Å². The topological polar surface area (TPSA) is 9.23 Å². The van der Waals surface area contributed by atoms with E-state index < -0.39 is 0 Å². The van der Waals surface area contributed by atoms with Crippen LogP contribution < -0.4 is 24.8 Å². The maximum absolute atomic E-state index is 5.88. The first-order valence-electron chi connectivity index (χ1n) is 8.10. The van der Waals surface area contributed by atoms with Crippen molar-refractivity contribution < 1.29 is 49.0 Å². The zero-order valence-electron chi connectivity index (χ0n) is 15.3. The molecule has 0 spiro atoms. The molecule has 1 nitrogen and oxygen atoms in total. The van der Waals surface area contributed by atoms with E-state index in [1.54, 1.807) is 20.8 Å². The van der Waals surface area contributed by atoms with E-state index in [4.69, 9.17) is 3.32 Å². The number of benzene rings is 2. The fraction of sp³-hybridized carbons (Fsp3) is 0.333. The Balaban J connectivity index is 0.00000156. The third-order valence-corrected chi connectivity index (χ3v) is 6.01. The zero-order valence-corrected chi connectivity index (χ0v) is 18.4. The van der Waals surface area contributed by atoms with Crippen molar-refractivity contribution in [2.45, 2.75) is 46.6 Å². The van der Waals surface area contributed by atoms with E-state index in [1.165, 1.54) is 44.2 Å². The normalized spacial score (nSPS) is 14.7. The van der Waals surface area contributed by atoms with Gasteiger partial charge in [-0.15, -0.1) is 0 Å². The van der Waals surface area contributed by atoms with Gasteiger partial charge in [-0.05, 0) is 0 Å². The van der Waals surface area contributed by atoms with Gasteiger partial charge in [0.1, 0.15) is 0 Å². The predicted octanol–water partition coefficient (Wildman–Crippen LogP) is 0.0749. The average molecular weight is 410 g/mol. The smallest absolute Gasteiger partial charge is 1.00 e. The Bertz CT molecular complexity index is 850. The van der Waals surface area contributed by atoms with E-state index in [-0.39, 0.29) is 30.4 Å². The van der Waals surface area contributed by atoms with Gasteiger partial charge in [-0.3, -0.25) is 0 Å². The summed E-state index contributed by atoms with van der Waals surface area (Å²) in [6, 6.07) is 13.1. The molecule has 0 saturated heterocycles. The molecule has 1 aliphatic rings. The number of rotatable bonds is 3. The van der Waals surface area contributed by atoms with Crippen molar-refractivity contribution in [3.63, 3.8) is 0 Å². The molecule has 25 heavy (non-hydrogen) atoms. The van der Waals surface area contributed by atoms with Crippen LogP contribution in [0.4, 0.5) is 0 Å². The molecule has 0 aromatic heterocycles. The van der Waals surface area contributed by atoms with Crippen molar-refractivity contribution in [3.05, 3.63) is 64.2 Å². The van der Waals surface area contributed by atoms with E-state index in [2.05, 4.69) is 71.0 Å². The first-order chi connectivity index (χ1) is 10.9. The molecule has 1 aliphatic carbocycles. The molecular formula is C21H23Cl2OTi. The second-order valence-electron chi connectivity index (χ2n) is 7.01. The number of allylic oxidation sites excluding steroid dienone is 4. The molecule has 0 amide bonds. The summed E-state index contributed by atoms with van der Waals surface area (Å²) < 4.78 is 5.88. The van der Waals surface area contributed by atoms with Gasteiger partial charge < -0.3 is 24.8 Å². The summed E-state index contributed by atoms with van der Waals surface area (Å²) in [5.74, 6) is 0. The van der Waals surface area contributed by atoms with Crippen LogP contribution in [-0.4, -0.2) is 0 Å². The van der Waals surface area contributed by atoms with Crippen LogP contribution >= 0.6 is 0 Å². The first-order valence-corrected chi connectivity index (χ1v) is 8.74. The molecule has 4 heteroatoms. The Morgan fingerprint density at radius 2 is 1.56 bits per heavy atom. The molecule has 2 aromatic carbocycles. The van der Waals surface area contributed by atoms with Crippen molar-refractivity contribution in [1.82, 2.24) is 0 Å². The largest absolute Gasteiger partial charge is 1.00 e. The third kappa shape index (κ3) is 3.92. The first kappa shape index (κ1) is 22.5. The Kier molecular flexibility index (Phi) is 7.57. The molecule has 0 bridgehead atoms. The van der Waals surface area contributed by atoms with Gasteiger partial charge in [0.2, 0.25) is 0 Å². The molecule has 131 valence electrons. The van der Waals surface area contributed by atoms with Gasteiger partial charge in [-0.25, -0.2) is 0 Å². The van der Waals surface area contributed by atoms with Gasteiger partial charge >= 0.3 is 151 Å². The molecule has 0 unspecified atom stereocenters. The number of halogens is 2. The molecule has 0 heterocycles. The molecule has 0 fully saturated rings. The molecule has 0 radical (unpaired) electrons. The fourth-order valence-corrected chi connectivity index (χ4v) is 3.76. The summed E-state index contributed by atoms with van der Waals surface area (Å²) >= 11 is 1.80. The minimum atomic E-state index is -0.326. The Morgan fingerprint density at radius 1 is 0.920 bits per heavy atom. The minimum absolute atomic E-state index is 0. The summed E-state index contributed by atoms with van der Waals surface area (Å²) in [7, 11) is 0. The molecule has 2 aromatic rings. The van der Waals surface area contributed by atoms with E-state index in [1.807, 2.05) is 0 Å². The van der Waals surface area contributed by atoms with Gasteiger partial charge in [0.25, 0.3) is 0 Å². The number of fused-ring (bicyclic) bond motifs is 1. The van der Waals surface area contributed by atoms with Crippen molar-refractivity contribution >= 4 is 16.3 Å². The second kappa shape index (κ2) is 8.42. The number of hydrogen-bond acceptors (Lipinski definition) is 1. The molecule has 0 atom stereocenters. The maximum atomic E-state index is 5.88. The van der Waals surface area contributed by atoms with Crippen molar-refractivity contribution in [1.29, 1.82) is 0 Å². The summed E-state index contributed by atoms with van der Waals surface area (Å²) in [5.41, 5.74) is 8.10. The van der Waals surface area contributed by atoms with E-state index in [9.17, 15) is 0 Å². The molecule has 3 rings (SSSR count). The Morgan fingerprint density at radius 3 is 2.12 bits per heavy atom. The van der Waals surface area contributed by atoms with E-state index in [0.717, 1.165) is 6.42 Å². The molecule has 0 aliphatic heterocycles. The van der Waals surface area contributed by atoms with Crippen molar-refractivity contribution in [2.24, 2.45) is 0 Å². The Labute approximate surface area is 175 Å². The van der Waals surface area contributed by atoms with Crippen LogP contribution in [0.3, 0.4) is 0 Å². The SMILES string of the molecule is CC1=C(C)C(C)=C(c2ccc3ccccc3c2C(C)(C)[O][Ti+2])C1.[Cl-].[Cl-]. The van der Waals surface area contributed by atoms with Crippen LogP contribution in [0.1, 0.15) is 52.2 Å². The van der Waals surface area contributed by atoms with Gasteiger partial charge in [-0.1, -0.05) is 0 Å². The van der Waals surface area contributed by atoms with Crippen LogP contribution in [0.25, 0.3) is 16.3 Å². The van der Waals surface area contributed by atoms with Gasteiger partial charge in [0.15, 0.2) is 0 Å². The molecule has 0 saturated carbocycles.